The van der Waals surface area contributed by atoms with E-state index in [0.29, 0.717) is 5.92 Å². The van der Waals surface area contributed by atoms with Crippen molar-refractivity contribution in [1.82, 2.24) is 0 Å². The molecule has 0 aromatic carbocycles. The van der Waals surface area contributed by atoms with E-state index in [0.717, 1.165) is 18.4 Å². The Bertz CT molecular complexity index is 299. The van der Waals surface area contributed by atoms with Crippen molar-refractivity contribution in [2.45, 2.75) is 31.6 Å². The van der Waals surface area contributed by atoms with Crippen LogP contribution in [0.5, 0.6) is 0 Å². The Labute approximate surface area is 87.6 Å². The standard InChI is InChI=1S/C11H14O2S/c12-11(13)10(8-3-1-2-4-8)9-5-6-14-7-9/h5-8,10H,1-4H2,(H,12,13)/t10-/m0/s1. The second-order valence-electron chi connectivity index (χ2n) is 3.92. The molecule has 0 amide bonds. The molecule has 0 unspecified atom stereocenters. The number of carboxylic acids is 1. The average molecular weight is 210 g/mol. The first-order chi connectivity index (χ1) is 6.79. The molecule has 2 nitrogen and oxygen atoms in total. The predicted octanol–water partition coefficient (Wildman–Crippen LogP) is 3.11. The van der Waals surface area contributed by atoms with Gasteiger partial charge in [0.15, 0.2) is 0 Å². The number of hydrogen-bond donors (Lipinski definition) is 1. The van der Waals surface area contributed by atoms with Gasteiger partial charge >= 0.3 is 5.97 Å². The highest BCUT2D eigenvalue weighted by Crippen LogP contribution is 2.38. The van der Waals surface area contributed by atoms with Gasteiger partial charge < -0.3 is 5.11 Å². The van der Waals surface area contributed by atoms with E-state index < -0.39 is 5.97 Å². The number of hydrogen-bond acceptors (Lipinski definition) is 2. The van der Waals surface area contributed by atoms with Crippen LogP contribution in [0.1, 0.15) is 37.2 Å². The van der Waals surface area contributed by atoms with Crippen LogP contribution in [0.4, 0.5) is 0 Å². The molecular weight excluding hydrogens is 196 g/mol. The first-order valence-corrected chi connectivity index (χ1v) is 5.98. The van der Waals surface area contributed by atoms with Gasteiger partial charge in [-0.2, -0.15) is 11.3 Å². The summed E-state index contributed by atoms with van der Waals surface area (Å²) in [5.41, 5.74) is 0.995. The third-order valence-corrected chi connectivity index (χ3v) is 3.74. The summed E-state index contributed by atoms with van der Waals surface area (Å²) < 4.78 is 0. The van der Waals surface area contributed by atoms with Gasteiger partial charge in [-0.25, -0.2) is 0 Å². The lowest BCUT2D eigenvalue weighted by molar-refractivity contribution is -0.140. The maximum atomic E-state index is 11.2. The molecule has 0 bridgehead atoms. The van der Waals surface area contributed by atoms with Gasteiger partial charge in [0, 0.05) is 0 Å². The highest BCUT2D eigenvalue weighted by Gasteiger charge is 2.31. The predicted molar refractivity (Wildman–Crippen MR) is 56.7 cm³/mol. The van der Waals surface area contributed by atoms with Gasteiger partial charge in [0.05, 0.1) is 5.92 Å². The van der Waals surface area contributed by atoms with Gasteiger partial charge in [-0.1, -0.05) is 12.8 Å². The van der Waals surface area contributed by atoms with Crippen LogP contribution in [0.3, 0.4) is 0 Å². The van der Waals surface area contributed by atoms with Crippen LogP contribution in [0.25, 0.3) is 0 Å². The topological polar surface area (TPSA) is 37.3 Å². The lowest BCUT2D eigenvalue weighted by atomic mass is 9.86. The van der Waals surface area contributed by atoms with Crippen LogP contribution in [-0.4, -0.2) is 11.1 Å². The number of rotatable bonds is 3. The summed E-state index contributed by atoms with van der Waals surface area (Å²) >= 11 is 1.58. The fraction of sp³-hybridized carbons (Fsp3) is 0.545. The third-order valence-electron chi connectivity index (χ3n) is 3.04. The van der Waals surface area contributed by atoms with E-state index >= 15 is 0 Å². The third kappa shape index (κ3) is 1.82. The minimum atomic E-state index is -0.657. The van der Waals surface area contributed by atoms with Crippen molar-refractivity contribution in [2.24, 2.45) is 5.92 Å². The summed E-state index contributed by atoms with van der Waals surface area (Å²) in [4.78, 5) is 11.2. The zero-order chi connectivity index (χ0) is 9.97. The average Bonchev–Trinajstić information content (AvgIpc) is 2.75. The summed E-state index contributed by atoms with van der Waals surface area (Å²) in [6.45, 7) is 0. The Morgan fingerprint density at radius 2 is 2.21 bits per heavy atom. The second kappa shape index (κ2) is 4.13. The molecule has 1 aromatic rings. The minimum Gasteiger partial charge on any atom is -0.481 e. The van der Waals surface area contributed by atoms with Crippen LogP contribution < -0.4 is 0 Å². The molecule has 1 fully saturated rings. The smallest absolute Gasteiger partial charge is 0.311 e. The maximum Gasteiger partial charge on any atom is 0.311 e. The molecule has 0 radical (unpaired) electrons. The maximum absolute atomic E-state index is 11.2. The van der Waals surface area contributed by atoms with Crippen LogP contribution in [-0.2, 0) is 4.79 Å². The van der Waals surface area contributed by atoms with Crippen LogP contribution in [0, 0.1) is 5.92 Å². The molecule has 1 aliphatic rings. The summed E-state index contributed by atoms with van der Waals surface area (Å²) in [5.74, 6) is -0.554. The zero-order valence-corrected chi connectivity index (χ0v) is 8.80. The number of aliphatic carboxylic acids is 1. The van der Waals surface area contributed by atoms with Gasteiger partial charge in [0.1, 0.15) is 0 Å². The van der Waals surface area contributed by atoms with Gasteiger partial charge in [0.25, 0.3) is 0 Å². The normalized spacial score (nSPS) is 19.7. The molecule has 0 saturated heterocycles. The first kappa shape index (κ1) is 9.71. The Hall–Kier alpha value is -0.830. The second-order valence-corrected chi connectivity index (χ2v) is 4.70. The van der Waals surface area contributed by atoms with E-state index in [-0.39, 0.29) is 5.92 Å². The largest absolute Gasteiger partial charge is 0.481 e. The molecule has 3 heteroatoms. The summed E-state index contributed by atoms with van der Waals surface area (Å²) in [6, 6.07) is 1.95. The van der Waals surface area contributed by atoms with E-state index in [9.17, 15) is 9.90 Å². The fourth-order valence-electron chi connectivity index (χ4n) is 2.36. The number of thiophene rings is 1. The van der Waals surface area contributed by atoms with Gasteiger partial charge in [0.2, 0.25) is 0 Å². The highest BCUT2D eigenvalue weighted by molar-refractivity contribution is 7.08. The van der Waals surface area contributed by atoms with E-state index in [2.05, 4.69) is 0 Å². The monoisotopic (exact) mass is 210 g/mol. The van der Waals surface area contributed by atoms with Crippen LogP contribution >= 0.6 is 11.3 Å². The van der Waals surface area contributed by atoms with E-state index in [4.69, 9.17) is 0 Å². The number of carboxylic acid groups (broad SMARTS) is 1. The molecule has 0 aliphatic heterocycles. The van der Waals surface area contributed by atoms with Crippen molar-refractivity contribution in [3.05, 3.63) is 22.4 Å². The lowest BCUT2D eigenvalue weighted by Crippen LogP contribution is -2.18. The fourth-order valence-corrected chi connectivity index (χ4v) is 3.06. The molecule has 1 atom stereocenters. The Morgan fingerprint density at radius 3 is 2.71 bits per heavy atom. The molecule has 1 heterocycles. The van der Waals surface area contributed by atoms with Crippen molar-refractivity contribution >= 4 is 17.3 Å². The van der Waals surface area contributed by atoms with Gasteiger partial charge in [-0.05, 0) is 41.1 Å². The molecule has 0 spiro atoms. The van der Waals surface area contributed by atoms with Crippen molar-refractivity contribution in [3.8, 4) is 0 Å². The van der Waals surface area contributed by atoms with Crippen molar-refractivity contribution in [3.63, 3.8) is 0 Å². The molecule has 1 aromatic heterocycles. The molecular formula is C11H14O2S. The molecule has 76 valence electrons. The minimum absolute atomic E-state index is 0.260. The molecule has 1 aliphatic carbocycles. The Morgan fingerprint density at radius 1 is 1.50 bits per heavy atom. The van der Waals surface area contributed by atoms with Crippen molar-refractivity contribution in [2.75, 3.05) is 0 Å². The molecule has 1 N–H and O–H groups in total. The van der Waals surface area contributed by atoms with Crippen molar-refractivity contribution in [1.29, 1.82) is 0 Å². The Balaban J connectivity index is 2.19. The van der Waals surface area contributed by atoms with Crippen LogP contribution in [0.2, 0.25) is 0 Å². The number of carbonyl (C=O) groups is 1. The SMILES string of the molecule is O=C(O)[C@H](c1ccsc1)C1CCCC1. The molecule has 14 heavy (non-hydrogen) atoms. The summed E-state index contributed by atoms with van der Waals surface area (Å²) in [7, 11) is 0. The van der Waals surface area contributed by atoms with E-state index in [1.165, 1.54) is 12.8 Å². The van der Waals surface area contributed by atoms with E-state index in [1.807, 2.05) is 16.8 Å². The highest BCUT2D eigenvalue weighted by atomic mass is 32.1. The van der Waals surface area contributed by atoms with E-state index in [1.54, 1.807) is 11.3 Å². The summed E-state index contributed by atoms with van der Waals surface area (Å²) in [5, 5.41) is 13.1. The van der Waals surface area contributed by atoms with Gasteiger partial charge in [-0.15, -0.1) is 0 Å². The molecule has 2 rings (SSSR count). The molecule has 1 saturated carbocycles. The summed E-state index contributed by atoms with van der Waals surface area (Å²) in [6.07, 6.45) is 4.54. The van der Waals surface area contributed by atoms with Crippen LogP contribution in [0.15, 0.2) is 16.8 Å². The lowest BCUT2D eigenvalue weighted by Gasteiger charge is -2.17. The quantitative estimate of drug-likeness (QED) is 0.832. The Kier molecular flexibility index (Phi) is 2.87. The van der Waals surface area contributed by atoms with Crippen molar-refractivity contribution < 1.29 is 9.90 Å². The zero-order valence-electron chi connectivity index (χ0n) is 7.98. The first-order valence-electron chi connectivity index (χ1n) is 5.04. The van der Waals surface area contributed by atoms with Gasteiger partial charge in [-0.3, -0.25) is 4.79 Å².